The van der Waals surface area contributed by atoms with Crippen LogP contribution in [0.3, 0.4) is 0 Å². The molecule has 0 saturated carbocycles. The number of rotatable bonds is 5. The SMILES string of the molecule is Cc1cccc(C)c1NC(=O)c1cccc(COc2ccc3c(c2)CCC3)c1. The van der Waals surface area contributed by atoms with Gasteiger partial charge in [-0.2, -0.15) is 0 Å². The van der Waals surface area contributed by atoms with Gasteiger partial charge in [0, 0.05) is 11.3 Å². The van der Waals surface area contributed by atoms with Crippen LogP contribution in [0.1, 0.15) is 44.6 Å². The number of hydrogen-bond acceptors (Lipinski definition) is 2. The van der Waals surface area contributed by atoms with Gasteiger partial charge in [-0.15, -0.1) is 0 Å². The van der Waals surface area contributed by atoms with Crippen LogP contribution in [0.2, 0.25) is 0 Å². The van der Waals surface area contributed by atoms with E-state index < -0.39 is 0 Å². The van der Waals surface area contributed by atoms with E-state index in [-0.39, 0.29) is 5.91 Å². The number of fused-ring (bicyclic) bond motifs is 1. The molecular weight excluding hydrogens is 346 g/mol. The Balaban J connectivity index is 1.44. The van der Waals surface area contributed by atoms with Gasteiger partial charge in [-0.25, -0.2) is 0 Å². The van der Waals surface area contributed by atoms with Gasteiger partial charge in [0.2, 0.25) is 0 Å². The molecule has 1 N–H and O–H groups in total. The average Bonchev–Trinajstić information content (AvgIpc) is 3.17. The maximum absolute atomic E-state index is 12.7. The predicted octanol–water partition coefficient (Wildman–Crippen LogP) is 5.62. The quantitative estimate of drug-likeness (QED) is 0.632. The number of aryl methyl sites for hydroxylation is 4. The van der Waals surface area contributed by atoms with Gasteiger partial charge < -0.3 is 10.1 Å². The zero-order chi connectivity index (χ0) is 19.5. The molecule has 0 heterocycles. The highest BCUT2D eigenvalue weighted by Crippen LogP contribution is 2.26. The molecule has 3 aromatic rings. The van der Waals surface area contributed by atoms with Crippen molar-refractivity contribution in [2.45, 2.75) is 39.7 Å². The third kappa shape index (κ3) is 3.94. The summed E-state index contributed by atoms with van der Waals surface area (Å²) >= 11 is 0. The van der Waals surface area contributed by atoms with Crippen molar-refractivity contribution < 1.29 is 9.53 Å². The minimum Gasteiger partial charge on any atom is -0.489 e. The van der Waals surface area contributed by atoms with Gasteiger partial charge in [0.25, 0.3) is 5.91 Å². The molecule has 3 heteroatoms. The topological polar surface area (TPSA) is 38.3 Å². The molecule has 142 valence electrons. The molecule has 0 aliphatic heterocycles. The molecule has 0 unspecified atom stereocenters. The highest BCUT2D eigenvalue weighted by atomic mass is 16.5. The van der Waals surface area contributed by atoms with Crippen molar-refractivity contribution in [3.8, 4) is 5.75 Å². The maximum atomic E-state index is 12.7. The van der Waals surface area contributed by atoms with Crippen LogP contribution >= 0.6 is 0 Å². The van der Waals surface area contributed by atoms with E-state index in [2.05, 4.69) is 17.4 Å². The third-order valence-electron chi connectivity index (χ3n) is 5.38. The zero-order valence-corrected chi connectivity index (χ0v) is 16.4. The Hall–Kier alpha value is -3.07. The van der Waals surface area contributed by atoms with Crippen LogP contribution in [0, 0.1) is 13.8 Å². The average molecular weight is 371 g/mol. The van der Waals surface area contributed by atoms with Crippen molar-refractivity contribution in [3.05, 3.63) is 94.0 Å². The molecule has 1 amide bonds. The lowest BCUT2D eigenvalue weighted by Gasteiger charge is -2.12. The van der Waals surface area contributed by atoms with Crippen LogP contribution in [0.25, 0.3) is 0 Å². The molecule has 28 heavy (non-hydrogen) atoms. The number of ether oxygens (including phenoxy) is 1. The molecule has 3 nitrogen and oxygen atoms in total. The van der Waals surface area contributed by atoms with Crippen LogP contribution < -0.4 is 10.1 Å². The second-order valence-corrected chi connectivity index (χ2v) is 7.49. The van der Waals surface area contributed by atoms with Crippen LogP contribution in [0.4, 0.5) is 5.69 Å². The van der Waals surface area contributed by atoms with E-state index in [1.807, 2.05) is 62.4 Å². The molecular formula is C25H25NO2. The second kappa shape index (κ2) is 7.89. The Morgan fingerprint density at radius 3 is 2.50 bits per heavy atom. The monoisotopic (exact) mass is 371 g/mol. The number of amides is 1. The molecule has 3 aromatic carbocycles. The lowest BCUT2D eigenvalue weighted by Crippen LogP contribution is -2.14. The van der Waals surface area contributed by atoms with E-state index in [1.165, 1.54) is 24.0 Å². The van der Waals surface area contributed by atoms with Gasteiger partial charge in [-0.05, 0) is 85.2 Å². The maximum Gasteiger partial charge on any atom is 0.255 e. The van der Waals surface area contributed by atoms with Crippen molar-refractivity contribution >= 4 is 11.6 Å². The Bertz CT molecular complexity index is 1000. The molecule has 4 rings (SSSR count). The smallest absolute Gasteiger partial charge is 0.255 e. The summed E-state index contributed by atoms with van der Waals surface area (Å²) in [6.07, 6.45) is 3.55. The fraction of sp³-hybridized carbons (Fsp3) is 0.240. The van der Waals surface area contributed by atoms with E-state index in [1.54, 1.807) is 0 Å². The zero-order valence-electron chi connectivity index (χ0n) is 16.4. The molecule has 0 fully saturated rings. The minimum absolute atomic E-state index is 0.100. The van der Waals surface area contributed by atoms with Crippen LogP contribution in [-0.2, 0) is 19.4 Å². The number of benzene rings is 3. The Morgan fingerprint density at radius 2 is 1.68 bits per heavy atom. The molecule has 1 aliphatic rings. The lowest BCUT2D eigenvalue weighted by molar-refractivity contribution is 0.102. The summed E-state index contributed by atoms with van der Waals surface area (Å²) in [4.78, 5) is 12.7. The van der Waals surface area contributed by atoms with E-state index in [0.717, 1.165) is 34.5 Å². The van der Waals surface area contributed by atoms with Crippen LogP contribution in [0.15, 0.2) is 60.7 Å². The summed E-state index contributed by atoms with van der Waals surface area (Å²) < 4.78 is 5.98. The number of carbonyl (C=O) groups is 1. The Kier molecular flexibility index (Phi) is 5.16. The fourth-order valence-electron chi connectivity index (χ4n) is 3.80. The third-order valence-corrected chi connectivity index (χ3v) is 5.38. The van der Waals surface area contributed by atoms with Crippen molar-refractivity contribution in [1.82, 2.24) is 0 Å². The molecule has 0 radical (unpaired) electrons. The normalized spacial score (nSPS) is 12.5. The van der Waals surface area contributed by atoms with Gasteiger partial charge in [0.1, 0.15) is 12.4 Å². The van der Waals surface area contributed by atoms with Gasteiger partial charge in [-0.3, -0.25) is 4.79 Å². The van der Waals surface area contributed by atoms with Crippen LogP contribution in [0.5, 0.6) is 5.75 Å². The van der Waals surface area contributed by atoms with E-state index >= 15 is 0 Å². The van der Waals surface area contributed by atoms with Gasteiger partial charge >= 0.3 is 0 Å². The summed E-state index contributed by atoms with van der Waals surface area (Å²) in [7, 11) is 0. The first-order valence-electron chi connectivity index (χ1n) is 9.81. The first-order chi connectivity index (χ1) is 13.6. The van der Waals surface area contributed by atoms with Crippen molar-refractivity contribution in [1.29, 1.82) is 0 Å². The number of anilines is 1. The van der Waals surface area contributed by atoms with Gasteiger partial charge in [0.15, 0.2) is 0 Å². The standard InChI is InChI=1S/C25H25NO2/c1-17-6-3-7-18(2)24(17)26-25(27)22-11-4-8-19(14-22)16-28-23-13-12-20-9-5-10-21(20)15-23/h3-4,6-8,11-15H,5,9-10,16H2,1-2H3,(H,26,27). The van der Waals surface area contributed by atoms with Crippen molar-refractivity contribution in [2.24, 2.45) is 0 Å². The second-order valence-electron chi connectivity index (χ2n) is 7.49. The first kappa shape index (κ1) is 18.3. The van der Waals surface area contributed by atoms with E-state index in [9.17, 15) is 4.79 Å². The summed E-state index contributed by atoms with van der Waals surface area (Å²) in [5, 5.41) is 3.04. The summed E-state index contributed by atoms with van der Waals surface area (Å²) in [6.45, 7) is 4.45. The fourth-order valence-corrected chi connectivity index (χ4v) is 3.80. The summed E-state index contributed by atoms with van der Waals surface area (Å²) in [6, 6.07) is 20.0. The Labute approximate surface area is 166 Å². The first-order valence-corrected chi connectivity index (χ1v) is 9.81. The lowest BCUT2D eigenvalue weighted by atomic mass is 10.1. The highest BCUT2D eigenvalue weighted by Gasteiger charge is 2.12. The van der Waals surface area contributed by atoms with Crippen molar-refractivity contribution in [3.63, 3.8) is 0 Å². The van der Waals surface area contributed by atoms with Gasteiger partial charge in [0.05, 0.1) is 0 Å². The molecule has 0 aromatic heterocycles. The largest absolute Gasteiger partial charge is 0.489 e. The molecule has 0 bridgehead atoms. The summed E-state index contributed by atoms with van der Waals surface area (Å²) in [5.41, 5.74) is 7.46. The van der Waals surface area contributed by atoms with Crippen LogP contribution in [-0.4, -0.2) is 5.91 Å². The number of carbonyl (C=O) groups excluding carboxylic acids is 1. The van der Waals surface area contributed by atoms with Crippen molar-refractivity contribution in [2.75, 3.05) is 5.32 Å². The number of para-hydroxylation sites is 1. The highest BCUT2D eigenvalue weighted by molar-refractivity contribution is 6.05. The van der Waals surface area contributed by atoms with E-state index in [4.69, 9.17) is 4.74 Å². The predicted molar refractivity (Wildman–Crippen MR) is 113 cm³/mol. The Morgan fingerprint density at radius 1 is 0.929 bits per heavy atom. The molecule has 0 saturated heterocycles. The number of hydrogen-bond donors (Lipinski definition) is 1. The molecule has 0 atom stereocenters. The minimum atomic E-state index is -0.100. The van der Waals surface area contributed by atoms with Gasteiger partial charge in [-0.1, -0.05) is 36.4 Å². The van der Waals surface area contributed by atoms with E-state index in [0.29, 0.717) is 12.2 Å². The summed E-state index contributed by atoms with van der Waals surface area (Å²) in [5.74, 6) is 0.794. The molecule has 0 spiro atoms. The molecule has 1 aliphatic carbocycles. The number of nitrogens with one attached hydrogen (secondary N) is 1.